The third-order valence-corrected chi connectivity index (χ3v) is 3.12. The van der Waals surface area contributed by atoms with E-state index in [4.69, 9.17) is 4.74 Å². The molecule has 0 aromatic heterocycles. The van der Waals surface area contributed by atoms with Crippen molar-refractivity contribution in [3.8, 4) is 0 Å². The summed E-state index contributed by atoms with van der Waals surface area (Å²) in [5.74, 6) is -0.145. The van der Waals surface area contributed by atoms with E-state index in [1.165, 1.54) is 0 Å². The number of aliphatic hydroxyl groups excluding tert-OH is 1. The van der Waals surface area contributed by atoms with E-state index in [2.05, 4.69) is 19.2 Å². The number of hydrogen-bond donors (Lipinski definition) is 2. The first-order valence-electron chi connectivity index (χ1n) is 7.87. The highest BCUT2D eigenvalue weighted by Gasteiger charge is 2.30. The van der Waals surface area contributed by atoms with Crippen LogP contribution in [0.5, 0.6) is 0 Å². The fraction of sp³-hybridized carbons (Fsp3) is 0.611. The van der Waals surface area contributed by atoms with Crippen molar-refractivity contribution < 1.29 is 14.6 Å². The Balaban J connectivity index is 2.77. The molecule has 0 aliphatic heterocycles. The number of hydrogen-bond acceptors (Lipinski definition) is 4. The van der Waals surface area contributed by atoms with Gasteiger partial charge in [-0.25, -0.2) is 4.79 Å². The summed E-state index contributed by atoms with van der Waals surface area (Å²) in [6.07, 6.45) is -0.605. The molecule has 0 fully saturated rings. The first kappa shape index (κ1) is 18.7. The van der Waals surface area contributed by atoms with Gasteiger partial charge in [-0.1, -0.05) is 44.2 Å². The lowest BCUT2D eigenvalue weighted by Crippen LogP contribution is -2.48. The monoisotopic (exact) mass is 307 g/mol. The molecule has 22 heavy (non-hydrogen) atoms. The van der Waals surface area contributed by atoms with Crippen LogP contribution in [0.2, 0.25) is 0 Å². The topological polar surface area (TPSA) is 58.6 Å². The molecule has 0 heterocycles. The molecule has 0 amide bonds. The zero-order valence-electron chi connectivity index (χ0n) is 14.3. The summed E-state index contributed by atoms with van der Waals surface area (Å²) < 4.78 is 5.30. The Kier molecular flexibility index (Phi) is 7.04. The smallest absolute Gasteiger partial charge is 0.337 e. The second-order valence-corrected chi connectivity index (χ2v) is 7.08. The SMILES string of the molecule is CC(C)CN[C@@H](Cc1ccccc1)C(O)C(=O)OC(C)(C)C. The van der Waals surface area contributed by atoms with Gasteiger partial charge in [0.2, 0.25) is 0 Å². The lowest BCUT2D eigenvalue weighted by molar-refractivity contribution is -0.166. The number of carbonyl (C=O) groups excluding carboxylic acids is 1. The van der Waals surface area contributed by atoms with Crippen LogP contribution in [0.4, 0.5) is 0 Å². The van der Waals surface area contributed by atoms with Crippen molar-refractivity contribution in [2.75, 3.05) is 6.54 Å². The second-order valence-electron chi connectivity index (χ2n) is 7.08. The number of ether oxygens (including phenoxy) is 1. The van der Waals surface area contributed by atoms with Gasteiger partial charge in [0.1, 0.15) is 5.60 Å². The summed E-state index contributed by atoms with van der Waals surface area (Å²) in [6.45, 7) is 10.3. The number of carbonyl (C=O) groups is 1. The van der Waals surface area contributed by atoms with E-state index in [0.717, 1.165) is 12.1 Å². The van der Waals surface area contributed by atoms with E-state index in [1.54, 1.807) is 20.8 Å². The molecular weight excluding hydrogens is 278 g/mol. The standard InChI is InChI=1S/C18H29NO3/c1-13(2)12-19-15(11-14-9-7-6-8-10-14)16(20)17(21)22-18(3,4)5/h6-10,13,15-16,19-20H,11-12H2,1-5H3/t15-,16?/m0/s1. The molecule has 0 radical (unpaired) electrons. The Labute approximate surface area is 133 Å². The van der Waals surface area contributed by atoms with E-state index in [0.29, 0.717) is 12.3 Å². The average molecular weight is 307 g/mol. The molecule has 2 atom stereocenters. The van der Waals surface area contributed by atoms with Crippen molar-refractivity contribution >= 4 is 5.97 Å². The lowest BCUT2D eigenvalue weighted by Gasteiger charge is -2.27. The molecule has 1 aromatic rings. The van der Waals surface area contributed by atoms with Crippen LogP contribution in [-0.2, 0) is 16.0 Å². The van der Waals surface area contributed by atoms with Gasteiger partial charge in [-0.05, 0) is 45.2 Å². The van der Waals surface area contributed by atoms with Crippen LogP contribution in [0.25, 0.3) is 0 Å². The van der Waals surface area contributed by atoms with Crippen LogP contribution in [0, 0.1) is 5.92 Å². The van der Waals surface area contributed by atoms with E-state index < -0.39 is 17.7 Å². The molecule has 4 heteroatoms. The lowest BCUT2D eigenvalue weighted by atomic mass is 10.00. The fourth-order valence-corrected chi connectivity index (χ4v) is 2.08. The van der Waals surface area contributed by atoms with Gasteiger partial charge in [-0.15, -0.1) is 0 Å². The Morgan fingerprint density at radius 1 is 1.23 bits per heavy atom. The number of rotatable bonds is 7. The van der Waals surface area contributed by atoms with E-state index in [1.807, 2.05) is 30.3 Å². The second kappa shape index (κ2) is 8.30. The summed E-state index contributed by atoms with van der Waals surface area (Å²) >= 11 is 0. The van der Waals surface area contributed by atoms with Crippen LogP contribution < -0.4 is 5.32 Å². The first-order chi connectivity index (χ1) is 10.2. The van der Waals surface area contributed by atoms with Crippen LogP contribution in [0.3, 0.4) is 0 Å². The summed E-state index contributed by atoms with van der Waals surface area (Å²) in [6, 6.07) is 9.48. The molecule has 0 spiro atoms. The molecule has 1 aromatic carbocycles. The van der Waals surface area contributed by atoms with Crippen molar-refractivity contribution in [1.29, 1.82) is 0 Å². The molecule has 0 aliphatic rings. The summed E-state index contributed by atoms with van der Waals surface area (Å²) in [7, 11) is 0. The zero-order chi connectivity index (χ0) is 16.8. The summed E-state index contributed by atoms with van der Waals surface area (Å²) in [5, 5.41) is 13.7. The predicted octanol–water partition coefficient (Wildman–Crippen LogP) is 2.55. The highest BCUT2D eigenvalue weighted by molar-refractivity contribution is 5.75. The van der Waals surface area contributed by atoms with Gasteiger partial charge >= 0.3 is 5.97 Å². The van der Waals surface area contributed by atoms with Gasteiger partial charge < -0.3 is 15.2 Å². The maximum atomic E-state index is 12.1. The highest BCUT2D eigenvalue weighted by atomic mass is 16.6. The van der Waals surface area contributed by atoms with E-state index in [-0.39, 0.29) is 6.04 Å². The summed E-state index contributed by atoms with van der Waals surface area (Å²) in [5.41, 5.74) is 0.472. The Morgan fingerprint density at radius 2 is 1.82 bits per heavy atom. The molecule has 0 saturated heterocycles. The molecule has 4 nitrogen and oxygen atoms in total. The van der Waals surface area contributed by atoms with Crippen molar-refractivity contribution in [2.24, 2.45) is 5.92 Å². The third kappa shape index (κ3) is 7.05. The number of esters is 1. The minimum Gasteiger partial charge on any atom is -0.458 e. The van der Waals surface area contributed by atoms with E-state index >= 15 is 0 Å². The minimum absolute atomic E-state index is 0.361. The quantitative estimate of drug-likeness (QED) is 0.760. The molecular formula is C18H29NO3. The van der Waals surface area contributed by atoms with Crippen LogP contribution >= 0.6 is 0 Å². The Bertz CT molecular complexity index is 451. The molecule has 0 aliphatic carbocycles. The van der Waals surface area contributed by atoms with Crippen LogP contribution in [-0.4, -0.2) is 35.4 Å². The van der Waals surface area contributed by atoms with Crippen LogP contribution in [0.15, 0.2) is 30.3 Å². The zero-order valence-corrected chi connectivity index (χ0v) is 14.3. The van der Waals surface area contributed by atoms with Crippen LogP contribution in [0.1, 0.15) is 40.2 Å². The summed E-state index contributed by atoms with van der Waals surface area (Å²) in [4.78, 5) is 12.1. The van der Waals surface area contributed by atoms with Gasteiger partial charge in [0, 0.05) is 6.04 Å². The first-order valence-corrected chi connectivity index (χ1v) is 7.87. The molecule has 1 rings (SSSR count). The van der Waals surface area contributed by atoms with Gasteiger partial charge in [0.25, 0.3) is 0 Å². The van der Waals surface area contributed by atoms with Gasteiger partial charge in [-0.2, -0.15) is 0 Å². The predicted molar refractivity (Wildman–Crippen MR) is 88.6 cm³/mol. The molecule has 1 unspecified atom stereocenters. The average Bonchev–Trinajstić information content (AvgIpc) is 2.41. The van der Waals surface area contributed by atoms with Gasteiger partial charge in [0.15, 0.2) is 6.10 Å². The van der Waals surface area contributed by atoms with Crippen molar-refractivity contribution in [3.05, 3.63) is 35.9 Å². The molecule has 0 saturated carbocycles. The third-order valence-electron chi connectivity index (χ3n) is 3.12. The minimum atomic E-state index is -1.18. The largest absolute Gasteiger partial charge is 0.458 e. The van der Waals surface area contributed by atoms with Crippen molar-refractivity contribution in [1.82, 2.24) is 5.32 Å². The maximum Gasteiger partial charge on any atom is 0.337 e. The highest BCUT2D eigenvalue weighted by Crippen LogP contribution is 2.13. The van der Waals surface area contributed by atoms with E-state index in [9.17, 15) is 9.90 Å². The maximum absolute atomic E-state index is 12.1. The molecule has 0 bridgehead atoms. The number of nitrogens with one attached hydrogen (secondary N) is 1. The Morgan fingerprint density at radius 3 is 2.32 bits per heavy atom. The normalized spacial score (nSPS) is 14.7. The van der Waals surface area contributed by atoms with Gasteiger partial charge in [0.05, 0.1) is 0 Å². The fourth-order valence-electron chi connectivity index (χ4n) is 2.08. The van der Waals surface area contributed by atoms with Gasteiger partial charge in [-0.3, -0.25) is 0 Å². The van der Waals surface area contributed by atoms with Crippen molar-refractivity contribution in [2.45, 2.75) is 58.8 Å². The number of benzene rings is 1. The molecule has 2 N–H and O–H groups in total. The number of aliphatic hydroxyl groups is 1. The molecule has 124 valence electrons. The Hall–Kier alpha value is -1.39. The van der Waals surface area contributed by atoms with Crippen molar-refractivity contribution in [3.63, 3.8) is 0 Å².